The number of nitrogens with one attached hydrogen (secondary N) is 1. The maximum atomic E-state index is 13.4. The molecule has 31 heavy (non-hydrogen) atoms. The second kappa shape index (κ2) is 10.8. The Morgan fingerprint density at radius 1 is 1.19 bits per heavy atom. The second-order valence-electron chi connectivity index (χ2n) is 8.66. The summed E-state index contributed by atoms with van der Waals surface area (Å²) in [5.74, 6) is -1.31. The summed E-state index contributed by atoms with van der Waals surface area (Å²) in [4.78, 5) is 39.3. The quantitative estimate of drug-likeness (QED) is 0.585. The molecule has 0 radical (unpaired) electrons. The molecular formula is C24H34N2O5. The number of carboxylic acids is 1. The lowest BCUT2D eigenvalue weighted by Crippen LogP contribution is -2.55. The van der Waals surface area contributed by atoms with Gasteiger partial charge < -0.3 is 14.7 Å². The Labute approximate surface area is 184 Å². The minimum atomic E-state index is -0.944. The molecule has 2 N–H and O–H groups in total. The van der Waals surface area contributed by atoms with E-state index in [2.05, 4.69) is 5.32 Å². The number of carbonyl (C=O) groups is 3. The monoisotopic (exact) mass is 430 g/mol. The first-order chi connectivity index (χ1) is 14.9. The number of rotatable bonds is 9. The lowest BCUT2D eigenvalue weighted by atomic mass is 9.84. The van der Waals surface area contributed by atoms with Crippen LogP contribution in [0, 0.1) is 5.92 Å². The van der Waals surface area contributed by atoms with E-state index in [0.717, 1.165) is 31.2 Å². The molecule has 1 aromatic carbocycles. The summed E-state index contributed by atoms with van der Waals surface area (Å²) in [6, 6.07) is 7.75. The first-order valence-corrected chi connectivity index (χ1v) is 11.4. The number of carbonyl (C=O) groups excluding carboxylic acids is 2. The smallest absolute Gasteiger partial charge is 0.326 e. The average Bonchev–Trinajstić information content (AvgIpc) is 3.16. The molecule has 7 heteroatoms. The summed E-state index contributed by atoms with van der Waals surface area (Å²) in [6.07, 6.45) is 5.62. The Morgan fingerprint density at radius 2 is 1.90 bits per heavy atom. The third-order valence-corrected chi connectivity index (χ3v) is 6.58. The lowest BCUT2D eigenvalue weighted by molar-refractivity contribution is -0.152. The van der Waals surface area contributed by atoms with Crippen LogP contribution in [0.3, 0.4) is 0 Å². The van der Waals surface area contributed by atoms with E-state index in [0.29, 0.717) is 19.3 Å². The molecule has 0 aromatic heterocycles. The van der Waals surface area contributed by atoms with Crippen LogP contribution in [0.15, 0.2) is 30.3 Å². The minimum Gasteiger partial charge on any atom is -0.480 e. The number of nitrogens with zero attached hydrogens (tertiary/aromatic N) is 1. The number of aryl methyl sites for hydroxylation is 1. The van der Waals surface area contributed by atoms with Gasteiger partial charge in [0.05, 0.1) is 12.6 Å². The van der Waals surface area contributed by atoms with E-state index < -0.39 is 24.1 Å². The highest BCUT2D eigenvalue weighted by Gasteiger charge is 2.48. The van der Waals surface area contributed by atoms with Gasteiger partial charge in [-0.25, -0.2) is 4.79 Å². The molecule has 1 amide bonds. The molecule has 3 rings (SSSR count). The van der Waals surface area contributed by atoms with Gasteiger partial charge >= 0.3 is 11.9 Å². The van der Waals surface area contributed by atoms with Crippen molar-refractivity contribution < 1.29 is 24.2 Å². The fourth-order valence-corrected chi connectivity index (χ4v) is 5.06. The van der Waals surface area contributed by atoms with Crippen LogP contribution in [-0.2, 0) is 25.5 Å². The fraction of sp³-hybridized carbons (Fsp3) is 0.625. The molecule has 0 bridgehead atoms. The normalized spacial score (nSPS) is 24.8. The van der Waals surface area contributed by atoms with Gasteiger partial charge in [0.15, 0.2) is 0 Å². The molecular weight excluding hydrogens is 396 g/mol. The maximum absolute atomic E-state index is 13.4. The van der Waals surface area contributed by atoms with Gasteiger partial charge in [-0.05, 0) is 57.4 Å². The van der Waals surface area contributed by atoms with Gasteiger partial charge in [-0.3, -0.25) is 14.9 Å². The van der Waals surface area contributed by atoms with Crippen LogP contribution in [0.4, 0.5) is 0 Å². The highest BCUT2D eigenvalue weighted by molar-refractivity contribution is 5.88. The third kappa shape index (κ3) is 5.64. The second-order valence-corrected chi connectivity index (χ2v) is 8.66. The zero-order valence-corrected chi connectivity index (χ0v) is 18.5. The molecule has 2 fully saturated rings. The standard InChI is InChI=1S/C24H34N2O5/c1-3-31-24(30)19(14-13-17-9-5-4-6-10-17)25-16(2)22(27)26-20-12-8-7-11-18(20)15-21(26)23(28)29/h4-6,9-10,16,18-21,25H,3,7-8,11-15H2,1-2H3,(H,28,29)/t16-,18+,19-,20-,21-/m1/s1. The van der Waals surface area contributed by atoms with Crippen molar-refractivity contribution in [3.05, 3.63) is 35.9 Å². The minimum absolute atomic E-state index is 0.0167. The van der Waals surface area contributed by atoms with Gasteiger partial charge in [0.1, 0.15) is 12.1 Å². The lowest BCUT2D eigenvalue weighted by Gasteiger charge is -2.35. The van der Waals surface area contributed by atoms with E-state index in [-0.39, 0.29) is 30.4 Å². The van der Waals surface area contributed by atoms with E-state index in [1.807, 2.05) is 30.3 Å². The van der Waals surface area contributed by atoms with Crippen LogP contribution in [0.2, 0.25) is 0 Å². The first-order valence-electron chi connectivity index (χ1n) is 11.4. The van der Waals surface area contributed by atoms with Crippen molar-refractivity contribution in [3.63, 3.8) is 0 Å². The number of carboxylic acid groups (broad SMARTS) is 1. The Morgan fingerprint density at radius 3 is 2.58 bits per heavy atom. The van der Waals surface area contributed by atoms with Crippen LogP contribution in [0.1, 0.15) is 57.9 Å². The Kier molecular flexibility index (Phi) is 8.07. The van der Waals surface area contributed by atoms with E-state index >= 15 is 0 Å². The van der Waals surface area contributed by atoms with Crippen molar-refractivity contribution in [3.8, 4) is 0 Å². The van der Waals surface area contributed by atoms with E-state index in [1.165, 1.54) is 0 Å². The van der Waals surface area contributed by atoms with Crippen molar-refractivity contribution in [1.82, 2.24) is 10.2 Å². The topological polar surface area (TPSA) is 95.9 Å². The summed E-state index contributed by atoms with van der Waals surface area (Å²) in [5.41, 5.74) is 1.10. The summed E-state index contributed by atoms with van der Waals surface area (Å²) in [6.45, 7) is 3.74. The van der Waals surface area contributed by atoms with Gasteiger partial charge in [0.2, 0.25) is 5.91 Å². The molecule has 0 spiro atoms. The van der Waals surface area contributed by atoms with E-state index in [9.17, 15) is 19.5 Å². The molecule has 1 saturated carbocycles. The SMILES string of the molecule is CCOC(=O)[C@@H](CCc1ccccc1)N[C@H](C)C(=O)N1[C@@H](C(=O)O)C[C@@H]2CCCC[C@H]21. The fourth-order valence-electron chi connectivity index (χ4n) is 5.06. The third-order valence-electron chi connectivity index (χ3n) is 6.58. The van der Waals surface area contributed by atoms with Crippen LogP contribution in [0.25, 0.3) is 0 Å². The summed E-state index contributed by atoms with van der Waals surface area (Å²) in [7, 11) is 0. The van der Waals surface area contributed by atoms with E-state index in [1.54, 1.807) is 18.7 Å². The molecule has 0 unspecified atom stereocenters. The maximum Gasteiger partial charge on any atom is 0.326 e. The van der Waals surface area contributed by atoms with Gasteiger partial charge in [-0.1, -0.05) is 43.2 Å². The number of benzene rings is 1. The molecule has 5 atom stereocenters. The van der Waals surface area contributed by atoms with Crippen molar-refractivity contribution in [2.45, 2.75) is 83.0 Å². The molecule has 7 nitrogen and oxygen atoms in total. The molecule has 1 aliphatic carbocycles. The number of fused-ring (bicyclic) bond motifs is 1. The number of hydrogen-bond acceptors (Lipinski definition) is 5. The summed E-state index contributed by atoms with van der Waals surface area (Å²) < 4.78 is 5.22. The number of aliphatic carboxylic acids is 1. The Hall–Kier alpha value is -2.41. The predicted octanol–water partition coefficient (Wildman–Crippen LogP) is 2.77. The van der Waals surface area contributed by atoms with Gasteiger partial charge in [0, 0.05) is 6.04 Å². The largest absolute Gasteiger partial charge is 0.480 e. The number of esters is 1. The molecule has 1 heterocycles. The highest BCUT2D eigenvalue weighted by atomic mass is 16.5. The average molecular weight is 431 g/mol. The molecule has 1 saturated heterocycles. The van der Waals surface area contributed by atoms with Crippen molar-refractivity contribution in [2.24, 2.45) is 5.92 Å². The number of likely N-dealkylation sites (tertiary alicyclic amines) is 1. The number of ether oxygens (including phenoxy) is 1. The summed E-state index contributed by atoms with van der Waals surface area (Å²) >= 11 is 0. The van der Waals surface area contributed by atoms with Crippen molar-refractivity contribution in [1.29, 1.82) is 0 Å². The zero-order chi connectivity index (χ0) is 22.4. The molecule has 1 aromatic rings. The molecule has 1 aliphatic heterocycles. The van der Waals surface area contributed by atoms with Crippen molar-refractivity contribution >= 4 is 17.8 Å². The number of amides is 1. The van der Waals surface area contributed by atoms with Gasteiger partial charge in [-0.2, -0.15) is 0 Å². The van der Waals surface area contributed by atoms with Gasteiger partial charge in [0.25, 0.3) is 0 Å². The van der Waals surface area contributed by atoms with Gasteiger partial charge in [-0.15, -0.1) is 0 Å². The van der Waals surface area contributed by atoms with Crippen LogP contribution in [-0.4, -0.2) is 58.6 Å². The summed E-state index contributed by atoms with van der Waals surface area (Å²) in [5, 5.41) is 12.9. The molecule has 2 aliphatic rings. The zero-order valence-electron chi connectivity index (χ0n) is 18.5. The van der Waals surface area contributed by atoms with Crippen LogP contribution < -0.4 is 5.32 Å². The van der Waals surface area contributed by atoms with Crippen molar-refractivity contribution in [2.75, 3.05) is 6.61 Å². The van der Waals surface area contributed by atoms with Crippen LogP contribution in [0.5, 0.6) is 0 Å². The highest BCUT2D eigenvalue weighted by Crippen LogP contribution is 2.40. The first kappa shape index (κ1) is 23.3. The molecule has 170 valence electrons. The van der Waals surface area contributed by atoms with Crippen LogP contribution >= 0.6 is 0 Å². The number of hydrogen-bond donors (Lipinski definition) is 2. The Bertz CT molecular complexity index is 768. The van der Waals surface area contributed by atoms with E-state index in [4.69, 9.17) is 4.74 Å². The Balaban J connectivity index is 1.70. The predicted molar refractivity (Wildman–Crippen MR) is 116 cm³/mol.